The highest BCUT2D eigenvalue weighted by atomic mass is 16.4. The van der Waals surface area contributed by atoms with Crippen molar-refractivity contribution in [1.82, 2.24) is 9.97 Å². The third-order valence-electron chi connectivity index (χ3n) is 2.37. The van der Waals surface area contributed by atoms with Gasteiger partial charge in [0.15, 0.2) is 0 Å². The van der Waals surface area contributed by atoms with E-state index < -0.39 is 34.9 Å². The molecule has 1 aromatic heterocycles. The standard InChI is InChI=1S/C11H6N2O6/c14-9(15)5-1-4-3-12-8(11(18)19)13-7(4)2-6(5)10(16)17/h1-3H,(H,14,15)(H,16,17)(H,18,19). The lowest BCUT2D eigenvalue weighted by atomic mass is 10.0. The van der Waals surface area contributed by atoms with Crippen molar-refractivity contribution in [3.05, 3.63) is 35.3 Å². The molecule has 0 spiro atoms. The van der Waals surface area contributed by atoms with Gasteiger partial charge in [0.25, 0.3) is 0 Å². The summed E-state index contributed by atoms with van der Waals surface area (Å²) in [5, 5.41) is 26.8. The lowest BCUT2D eigenvalue weighted by Crippen LogP contribution is -2.09. The van der Waals surface area contributed by atoms with Crippen molar-refractivity contribution in [3.8, 4) is 0 Å². The lowest BCUT2D eigenvalue weighted by molar-refractivity contribution is 0.0652. The molecule has 1 aromatic carbocycles. The Balaban J connectivity index is 2.77. The van der Waals surface area contributed by atoms with Crippen molar-refractivity contribution in [1.29, 1.82) is 0 Å². The van der Waals surface area contributed by atoms with Crippen LogP contribution in [0.1, 0.15) is 31.3 Å². The van der Waals surface area contributed by atoms with E-state index in [9.17, 15) is 14.4 Å². The maximum absolute atomic E-state index is 11.0. The Morgan fingerprint density at radius 2 is 1.47 bits per heavy atom. The molecule has 3 N–H and O–H groups in total. The zero-order valence-corrected chi connectivity index (χ0v) is 9.19. The van der Waals surface area contributed by atoms with Gasteiger partial charge in [-0.25, -0.2) is 24.4 Å². The van der Waals surface area contributed by atoms with Gasteiger partial charge in [-0.1, -0.05) is 0 Å². The number of hydrogen-bond donors (Lipinski definition) is 3. The predicted octanol–water partition coefficient (Wildman–Crippen LogP) is 0.724. The van der Waals surface area contributed by atoms with Gasteiger partial charge in [0.05, 0.1) is 16.6 Å². The summed E-state index contributed by atoms with van der Waals surface area (Å²) in [5.74, 6) is -4.69. The molecule has 8 nitrogen and oxygen atoms in total. The van der Waals surface area contributed by atoms with Gasteiger partial charge in [-0.3, -0.25) is 0 Å². The Labute approximate surface area is 105 Å². The molecule has 2 aromatic rings. The molecule has 8 heteroatoms. The van der Waals surface area contributed by atoms with Gasteiger partial charge < -0.3 is 15.3 Å². The summed E-state index contributed by atoms with van der Waals surface area (Å²) in [6.45, 7) is 0. The van der Waals surface area contributed by atoms with E-state index in [2.05, 4.69) is 9.97 Å². The molecule has 1 heterocycles. The molecule has 19 heavy (non-hydrogen) atoms. The first kappa shape index (κ1) is 12.4. The Bertz CT molecular complexity index is 724. The minimum absolute atomic E-state index is 0.0507. The molecule has 0 aliphatic carbocycles. The summed E-state index contributed by atoms with van der Waals surface area (Å²) in [6.07, 6.45) is 1.13. The summed E-state index contributed by atoms with van der Waals surface area (Å²) in [4.78, 5) is 39.8. The van der Waals surface area contributed by atoms with Crippen LogP contribution in [0, 0.1) is 0 Å². The number of benzene rings is 1. The molecule has 0 saturated carbocycles. The predicted molar refractivity (Wildman–Crippen MR) is 60.4 cm³/mol. The fourth-order valence-electron chi connectivity index (χ4n) is 1.54. The number of carboxylic acids is 3. The summed E-state index contributed by atoms with van der Waals surface area (Å²) in [7, 11) is 0. The average Bonchev–Trinajstić information content (AvgIpc) is 2.36. The van der Waals surface area contributed by atoms with Crippen LogP contribution in [0.5, 0.6) is 0 Å². The third-order valence-corrected chi connectivity index (χ3v) is 2.37. The van der Waals surface area contributed by atoms with Crippen molar-refractivity contribution in [2.45, 2.75) is 0 Å². The van der Waals surface area contributed by atoms with E-state index in [-0.39, 0.29) is 10.9 Å². The van der Waals surface area contributed by atoms with Crippen molar-refractivity contribution < 1.29 is 29.7 Å². The number of fused-ring (bicyclic) bond motifs is 1. The second-order valence-corrected chi connectivity index (χ2v) is 3.57. The van der Waals surface area contributed by atoms with E-state index in [1.165, 1.54) is 0 Å². The monoisotopic (exact) mass is 262 g/mol. The Hall–Kier alpha value is -3.03. The van der Waals surface area contributed by atoms with Crippen LogP contribution in [-0.2, 0) is 0 Å². The van der Waals surface area contributed by atoms with Crippen molar-refractivity contribution in [2.24, 2.45) is 0 Å². The molecule has 0 unspecified atom stereocenters. The highest BCUT2D eigenvalue weighted by Gasteiger charge is 2.18. The number of aromatic nitrogens is 2. The lowest BCUT2D eigenvalue weighted by Gasteiger charge is -2.04. The maximum atomic E-state index is 11.0. The second-order valence-electron chi connectivity index (χ2n) is 3.57. The molecule has 0 bridgehead atoms. The number of carboxylic acid groups (broad SMARTS) is 3. The average molecular weight is 262 g/mol. The zero-order chi connectivity index (χ0) is 14.2. The van der Waals surface area contributed by atoms with E-state index in [1.807, 2.05) is 0 Å². The quantitative estimate of drug-likeness (QED) is 0.735. The summed E-state index contributed by atoms with van der Waals surface area (Å²) in [5.41, 5.74) is -0.823. The second kappa shape index (κ2) is 4.33. The number of rotatable bonds is 3. The van der Waals surface area contributed by atoms with Crippen LogP contribution in [0.2, 0.25) is 0 Å². The summed E-state index contributed by atoms with van der Waals surface area (Å²) >= 11 is 0. The Kier molecular flexibility index (Phi) is 2.83. The fourth-order valence-corrected chi connectivity index (χ4v) is 1.54. The van der Waals surface area contributed by atoms with Crippen LogP contribution >= 0.6 is 0 Å². The molecule has 2 rings (SSSR count). The van der Waals surface area contributed by atoms with Crippen LogP contribution < -0.4 is 0 Å². The van der Waals surface area contributed by atoms with Crippen LogP contribution in [0.3, 0.4) is 0 Å². The van der Waals surface area contributed by atoms with Gasteiger partial charge in [-0.2, -0.15) is 0 Å². The molecular formula is C11H6N2O6. The molecule has 0 saturated heterocycles. The molecule has 0 atom stereocenters. The van der Waals surface area contributed by atoms with Crippen molar-refractivity contribution in [3.63, 3.8) is 0 Å². The molecule has 96 valence electrons. The molecule has 0 fully saturated rings. The minimum atomic E-state index is -1.44. The number of carbonyl (C=O) groups is 3. The fraction of sp³-hybridized carbons (Fsp3) is 0. The Morgan fingerprint density at radius 1 is 0.895 bits per heavy atom. The molecular weight excluding hydrogens is 256 g/mol. The molecule has 0 amide bonds. The smallest absolute Gasteiger partial charge is 0.373 e. The van der Waals surface area contributed by atoms with E-state index in [4.69, 9.17) is 15.3 Å². The van der Waals surface area contributed by atoms with Crippen LogP contribution in [0.15, 0.2) is 18.3 Å². The summed E-state index contributed by atoms with van der Waals surface area (Å²) in [6, 6.07) is 2.10. The highest BCUT2D eigenvalue weighted by Crippen LogP contribution is 2.18. The third kappa shape index (κ3) is 2.18. The molecule has 0 radical (unpaired) electrons. The van der Waals surface area contributed by atoms with Gasteiger partial charge in [0.1, 0.15) is 0 Å². The van der Waals surface area contributed by atoms with Gasteiger partial charge in [0, 0.05) is 11.6 Å². The van der Waals surface area contributed by atoms with Gasteiger partial charge in [-0.15, -0.1) is 0 Å². The molecule has 0 aliphatic heterocycles. The number of nitrogens with zero attached hydrogens (tertiary/aromatic N) is 2. The largest absolute Gasteiger partial charge is 0.478 e. The van der Waals surface area contributed by atoms with Crippen molar-refractivity contribution >= 4 is 28.8 Å². The summed E-state index contributed by atoms with van der Waals surface area (Å²) < 4.78 is 0. The van der Waals surface area contributed by atoms with Gasteiger partial charge in [0.2, 0.25) is 5.82 Å². The first-order chi connectivity index (χ1) is 8.90. The first-order valence-electron chi connectivity index (χ1n) is 4.91. The normalized spacial score (nSPS) is 10.3. The van der Waals surface area contributed by atoms with E-state index in [0.717, 1.165) is 18.3 Å². The highest BCUT2D eigenvalue weighted by molar-refractivity contribution is 6.05. The minimum Gasteiger partial charge on any atom is -0.478 e. The first-order valence-corrected chi connectivity index (χ1v) is 4.91. The van der Waals surface area contributed by atoms with Crippen molar-refractivity contribution in [2.75, 3.05) is 0 Å². The SMILES string of the molecule is O=C(O)c1ncc2cc(C(=O)O)c(C(=O)O)cc2n1. The van der Waals surface area contributed by atoms with E-state index >= 15 is 0 Å². The van der Waals surface area contributed by atoms with Crippen LogP contribution in [0.25, 0.3) is 10.9 Å². The van der Waals surface area contributed by atoms with Crippen LogP contribution in [0.4, 0.5) is 0 Å². The van der Waals surface area contributed by atoms with Gasteiger partial charge in [-0.05, 0) is 12.1 Å². The maximum Gasteiger partial charge on any atom is 0.373 e. The van der Waals surface area contributed by atoms with Gasteiger partial charge >= 0.3 is 17.9 Å². The number of aromatic carboxylic acids is 3. The zero-order valence-electron chi connectivity index (χ0n) is 9.19. The molecule has 0 aliphatic rings. The Morgan fingerprint density at radius 3 is 2.00 bits per heavy atom. The van der Waals surface area contributed by atoms with E-state index in [0.29, 0.717) is 0 Å². The van der Waals surface area contributed by atoms with E-state index in [1.54, 1.807) is 0 Å². The number of hydrogen-bond acceptors (Lipinski definition) is 5. The topological polar surface area (TPSA) is 138 Å². The van der Waals surface area contributed by atoms with Crippen LogP contribution in [-0.4, -0.2) is 43.2 Å².